The number of carbonyl (C=O) groups excluding carboxylic acids is 1. The lowest BCUT2D eigenvalue weighted by Crippen LogP contribution is -2.30. The van der Waals surface area contributed by atoms with Crippen molar-refractivity contribution in [2.75, 3.05) is 13.1 Å². The van der Waals surface area contributed by atoms with Crippen LogP contribution < -0.4 is 0 Å². The molecule has 1 atom stereocenters. The van der Waals surface area contributed by atoms with Gasteiger partial charge in [-0.3, -0.25) is 4.79 Å². The topological polar surface area (TPSA) is 72.1 Å². The summed E-state index contributed by atoms with van der Waals surface area (Å²) in [6.07, 6.45) is 3.61. The molecule has 2 aromatic heterocycles. The summed E-state index contributed by atoms with van der Waals surface area (Å²) >= 11 is 0. The monoisotopic (exact) mass is 394 g/mol. The van der Waals surface area contributed by atoms with Crippen LogP contribution in [0.25, 0.3) is 11.3 Å². The summed E-state index contributed by atoms with van der Waals surface area (Å²) in [7, 11) is 0. The summed E-state index contributed by atoms with van der Waals surface area (Å²) < 4.78 is 18.3. The summed E-state index contributed by atoms with van der Waals surface area (Å²) in [4.78, 5) is 23.3. The molecule has 1 amide bonds. The maximum absolute atomic E-state index is 13.0. The molecule has 0 saturated carbocycles. The average molecular weight is 394 g/mol. The van der Waals surface area contributed by atoms with E-state index in [0.29, 0.717) is 18.9 Å². The van der Waals surface area contributed by atoms with E-state index in [-0.39, 0.29) is 11.7 Å². The van der Waals surface area contributed by atoms with Crippen molar-refractivity contribution < 1.29 is 13.7 Å². The molecular weight excluding hydrogens is 371 g/mol. The van der Waals surface area contributed by atoms with Gasteiger partial charge in [0.2, 0.25) is 5.91 Å². The Morgan fingerprint density at radius 2 is 2.03 bits per heavy atom. The fourth-order valence-corrected chi connectivity index (χ4v) is 3.90. The van der Waals surface area contributed by atoms with E-state index in [1.54, 1.807) is 18.5 Å². The van der Waals surface area contributed by atoms with Crippen LogP contribution in [0.1, 0.15) is 29.1 Å². The van der Waals surface area contributed by atoms with E-state index in [2.05, 4.69) is 15.1 Å². The van der Waals surface area contributed by atoms with E-state index in [9.17, 15) is 9.18 Å². The molecule has 1 unspecified atom stereocenters. The minimum Gasteiger partial charge on any atom is -0.361 e. The zero-order chi connectivity index (χ0) is 20.4. The molecule has 3 heterocycles. The van der Waals surface area contributed by atoms with Crippen molar-refractivity contribution in [2.24, 2.45) is 5.92 Å². The highest BCUT2D eigenvalue weighted by atomic mass is 19.1. The van der Waals surface area contributed by atoms with Gasteiger partial charge in [-0.2, -0.15) is 0 Å². The van der Waals surface area contributed by atoms with Gasteiger partial charge in [0, 0.05) is 18.8 Å². The third-order valence-electron chi connectivity index (χ3n) is 5.42. The van der Waals surface area contributed by atoms with Crippen LogP contribution in [0.3, 0.4) is 0 Å². The standard InChI is InChI=1S/C22H23FN4O2/c1-14-22(15(2)29-26-14)20-11-19(24-13-25-20)9-17-7-8-27(12-17)21(28)10-16-3-5-18(23)6-4-16/h3-6,11,13,17H,7-10,12H2,1-2H3. The van der Waals surface area contributed by atoms with Gasteiger partial charge in [0.15, 0.2) is 0 Å². The van der Waals surface area contributed by atoms with Crippen LogP contribution in [-0.2, 0) is 17.6 Å². The number of hydrogen-bond donors (Lipinski definition) is 0. The second-order valence-corrected chi connectivity index (χ2v) is 7.60. The lowest BCUT2D eigenvalue weighted by molar-refractivity contribution is -0.129. The number of hydrogen-bond acceptors (Lipinski definition) is 5. The van der Waals surface area contributed by atoms with Gasteiger partial charge in [-0.05, 0) is 56.4 Å². The first-order chi connectivity index (χ1) is 14.0. The van der Waals surface area contributed by atoms with Crippen LogP contribution in [0.5, 0.6) is 0 Å². The number of rotatable bonds is 5. The van der Waals surface area contributed by atoms with Crippen molar-refractivity contribution in [3.63, 3.8) is 0 Å². The largest absolute Gasteiger partial charge is 0.361 e. The summed E-state index contributed by atoms with van der Waals surface area (Å²) in [5.74, 6) is 0.895. The second kappa shape index (κ2) is 8.11. The maximum Gasteiger partial charge on any atom is 0.226 e. The van der Waals surface area contributed by atoms with Crippen molar-refractivity contribution in [2.45, 2.75) is 33.1 Å². The smallest absolute Gasteiger partial charge is 0.226 e. The highest BCUT2D eigenvalue weighted by molar-refractivity contribution is 5.79. The van der Waals surface area contributed by atoms with E-state index in [4.69, 9.17) is 4.52 Å². The van der Waals surface area contributed by atoms with E-state index < -0.39 is 0 Å². The molecule has 0 radical (unpaired) electrons. The maximum atomic E-state index is 13.0. The minimum atomic E-state index is -0.289. The molecule has 150 valence electrons. The van der Waals surface area contributed by atoms with Gasteiger partial charge in [0.1, 0.15) is 17.9 Å². The first-order valence-electron chi connectivity index (χ1n) is 9.76. The van der Waals surface area contributed by atoms with Gasteiger partial charge in [0.05, 0.1) is 23.4 Å². The van der Waals surface area contributed by atoms with E-state index in [0.717, 1.165) is 53.4 Å². The predicted octanol–water partition coefficient (Wildman–Crippen LogP) is 3.52. The Morgan fingerprint density at radius 1 is 1.24 bits per heavy atom. The Labute approximate surface area is 168 Å². The normalized spacial score (nSPS) is 16.4. The fourth-order valence-electron chi connectivity index (χ4n) is 3.90. The number of halogens is 1. The Morgan fingerprint density at radius 3 is 2.76 bits per heavy atom. The first kappa shape index (κ1) is 19.2. The lowest BCUT2D eigenvalue weighted by atomic mass is 10.0. The number of aromatic nitrogens is 3. The molecule has 1 aliphatic rings. The van der Waals surface area contributed by atoms with Crippen LogP contribution in [0.15, 0.2) is 41.2 Å². The van der Waals surface area contributed by atoms with Gasteiger partial charge >= 0.3 is 0 Å². The molecule has 7 heteroatoms. The molecule has 4 rings (SSSR count). The van der Waals surface area contributed by atoms with Crippen molar-refractivity contribution >= 4 is 5.91 Å². The Kier molecular flexibility index (Phi) is 5.38. The third-order valence-corrected chi connectivity index (χ3v) is 5.42. The Balaban J connectivity index is 1.38. The average Bonchev–Trinajstić information content (AvgIpc) is 3.30. The second-order valence-electron chi connectivity index (χ2n) is 7.60. The van der Waals surface area contributed by atoms with E-state index >= 15 is 0 Å². The fraction of sp³-hybridized carbons (Fsp3) is 0.364. The van der Waals surface area contributed by atoms with Crippen LogP contribution in [0, 0.1) is 25.6 Å². The van der Waals surface area contributed by atoms with Crippen molar-refractivity contribution in [1.82, 2.24) is 20.0 Å². The number of benzene rings is 1. The van der Waals surface area contributed by atoms with Gasteiger partial charge in [0.25, 0.3) is 0 Å². The highest BCUT2D eigenvalue weighted by Crippen LogP contribution is 2.27. The predicted molar refractivity (Wildman–Crippen MR) is 105 cm³/mol. The number of carbonyl (C=O) groups is 1. The molecule has 29 heavy (non-hydrogen) atoms. The van der Waals surface area contributed by atoms with Crippen LogP contribution in [0.4, 0.5) is 4.39 Å². The number of amides is 1. The number of aryl methyl sites for hydroxylation is 2. The van der Waals surface area contributed by atoms with Gasteiger partial charge in [-0.15, -0.1) is 0 Å². The van der Waals surface area contributed by atoms with Crippen LogP contribution in [-0.4, -0.2) is 39.0 Å². The van der Waals surface area contributed by atoms with E-state index in [1.807, 2.05) is 24.8 Å². The first-order valence-corrected chi connectivity index (χ1v) is 9.76. The Hall–Kier alpha value is -3.09. The van der Waals surface area contributed by atoms with Crippen molar-refractivity contribution in [3.8, 4) is 11.3 Å². The number of likely N-dealkylation sites (tertiary alicyclic amines) is 1. The Bertz CT molecular complexity index is 996. The summed E-state index contributed by atoms with van der Waals surface area (Å²) in [5.41, 5.74) is 4.32. The summed E-state index contributed by atoms with van der Waals surface area (Å²) in [6, 6.07) is 8.09. The lowest BCUT2D eigenvalue weighted by Gasteiger charge is -2.16. The molecule has 0 spiro atoms. The zero-order valence-corrected chi connectivity index (χ0v) is 16.6. The molecule has 1 aromatic carbocycles. The minimum absolute atomic E-state index is 0.0817. The molecule has 1 fully saturated rings. The van der Waals surface area contributed by atoms with Gasteiger partial charge in [-0.25, -0.2) is 14.4 Å². The SMILES string of the molecule is Cc1noc(C)c1-c1cc(CC2CCN(C(=O)Cc3ccc(F)cc3)C2)ncn1. The summed E-state index contributed by atoms with van der Waals surface area (Å²) in [5, 5.41) is 3.99. The molecule has 6 nitrogen and oxygen atoms in total. The van der Waals surface area contributed by atoms with Crippen LogP contribution in [0.2, 0.25) is 0 Å². The van der Waals surface area contributed by atoms with Crippen LogP contribution >= 0.6 is 0 Å². The highest BCUT2D eigenvalue weighted by Gasteiger charge is 2.27. The number of nitrogens with zero attached hydrogens (tertiary/aromatic N) is 4. The molecule has 3 aromatic rings. The summed E-state index contributed by atoms with van der Waals surface area (Å²) in [6.45, 7) is 5.23. The van der Waals surface area contributed by atoms with Gasteiger partial charge < -0.3 is 9.42 Å². The van der Waals surface area contributed by atoms with Gasteiger partial charge in [-0.1, -0.05) is 17.3 Å². The van der Waals surface area contributed by atoms with Crippen molar-refractivity contribution in [3.05, 3.63) is 65.2 Å². The molecule has 0 aliphatic carbocycles. The zero-order valence-electron chi connectivity index (χ0n) is 16.6. The molecule has 0 N–H and O–H groups in total. The quantitative estimate of drug-likeness (QED) is 0.662. The third kappa shape index (κ3) is 4.34. The van der Waals surface area contributed by atoms with Crippen molar-refractivity contribution in [1.29, 1.82) is 0 Å². The molecular formula is C22H23FN4O2. The molecule has 1 aliphatic heterocycles. The van der Waals surface area contributed by atoms with E-state index in [1.165, 1.54) is 12.1 Å². The molecule has 1 saturated heterocycles. The molecule has 0 bridgehead atoms.